The zero-order valence-electron chi connectivity index (χ0n) is 32.8. The number of rotatable bonds is 6. The summed E-state index contributed by atoms with van der Waals surface area (Å²) < 4.78 is 20.2. The van der Waals surface area contributed by atoms with Crippen molar-refractivity contribution in [3.8, 4) is 0 Å². The van der Waals surface area contributed by atoms with Crippen LogP contribution in [0.2, 0.25) is 0 Å². The second-order valence-corrected chi connectivity index (χ2v) is 19.7. The summed E-state index contributed by atoms with van der Waals surface area (Å²) in [4.78, 5) is 27.3. The number of nitrogens with zero attached hydrogens (tertiary/aromatic N) is 7. The molecule has 59 heavy (non-hydrogen) atoms. The lowest BCUT2D eigenvalue weighted by molar-refractivity contribution is 0.0420. The van der Waals surface area contributed by atoms with Crippen LogP contribution in [-0.4, -0.2) is 82.5 Å². The number of fused-ring (bicyclic) bond motifs is 13. The Morgan fingerprint density at radius 2 is 1.25 bits per heavy atom. The highest BCUT2D eigenvalue weighted by Gasteiger charge is 2.61. The summed E-state index contributed by atoms with van der Waals surface area (Å²) in [5, 5.41) is 26.9. The van der Waals surface area contributed by atoms with Gasteiger partial charge in [-0.3, -0.25) is 8.80 Å². The number of amidine groups is 5. The minimum absolute atomic E-state index is 0.218. The Labute approximate surface area is 343 Å². The summed E-state index contributed by atoms with van der Waals surface area (Å²) in [6.07, 6.45) is 11.4. The van der Waals surface area contributed by atoms with E-state index in [0.717, 1.165) is 120 Å². The van der Waals surface area contributed by atoms with Gasteiger partial charge in [-0.2, -0.15) is 0 Å². The number of benzene rings is 3. The molecule has 0 spiro atoms. The lowest BCUT2D eigenvalue weighted by Gasteiger charge is -2.44. The van der Waals surface area contributed by atoms with Crippen LogP contribution in [0.1, 0.15) is 92.6 Å². The first-order valence-corrected chi connectivity index (χ1v) is 23.1. The first-order valence-electron chi connectivity index (χ1n) is 21.4. The summed E-state index contributed by atoms with van der Waals surface area (Å²) in [6, 6.07) is 25.1. The maximum absolute atomic E-state index is 10.6. The van der Waals surface area contributed by atoms with Gasteiger partial charge in [-0.1, -0.05) is 84.9 Å². The minimum Gasteiger partial charge on any atom is -0.393 e. The van der Waals surface area contributed by atoms with Crippen LogP contribution in [0.25, 0.3) is 10.8 Å². The van der Waals surface area contributed by atoms with Gasteiger partial charge >= 0.3 is 8.88 Å². The molecule has 5 aliphatic heterocycles. The van der Waals surface area contributed by atoms with Crippen LogP contribution in [0.4, 0.5) is 11.6 Å². The topological polar surface area (TPSA) is 141 Å². The normalized spacial score (nSPS) is 28.8. The van der Waals surface area contributed by atoms with Gasteiger partial charge in [0.05, 0.1) is 12.2 Å². The van der Waals surface area contributed by atoms with Crippen LogP contribution in [0.5, 0.6) is 0 Å². The molecule has 1 atom stereocenters. The van der Waals surface area contributed by atoms with Crippen molar-refractivity contribution < 1.29 is 19.1 Å². The summed E-state index contributed by atoms with van der Waals surface area (Å²) in [6.45, 7) is 0.852. The molecule has 8 aliphatic rings. The Kier molecular flexibility index (Phi) is 8.38. The minimum atomic E-state index is -4.13. The third kappa shape index (κ3) is 5.66. The van der Waals surface area contributed by atoms with E-state index >= 15 is 0 Å². The molecule has 0 radical (unpaired) electrons. The summed E-state index contributed by atoms with van der Waals surface area (Å²) in [5.74, 6) is 5.16. The van der Waals surface area contributed by atoms with E-state index in [4.69, 9.17) is 33.8 Å². The molecule has 1 aromatic heterocycles. The van der Waals surface area contributed by atoms with Gasteiger partial charge in [-0.05, 0) is 76.0 Å². The summed E-state index contributed by atoms with van der Waals surface area (Å²) in [5.41, 5.74) is 6.02. The van der Waals surface area contributed by atoms with Crippen LogP contribution < -0.4 is 5.32 Å². The van der Waals surface area contributed by atoms with Crippen LogP contribution in [0.3, 0.4) is 0 Å². The monoisotopic (exact) mass is 802 g/mol. The highest BCUT2D eigenvalue weighted by molar-refractivity contribution is 6.68. The van der Waals surface area contributed by atoms with Crippen LogP contribution >= 0.6 is 0 Å². The van der Waals surface area contributed by atoms with E-state index < -0.39 is 15.0 Å². The Morgan fingerprint density at radius 1 is 0.644 bits per heavy atom. The third-order valence-electron chi connectivity index (χ3n) is 13.5. The number of nitrogens with one attached hydrogen (secondary N) is 1. The summed E-state index contributed by atoms with van der Waals surface area (Å²) >= 11 is 0. The number of aromatic nitrogens is 1. The first kappa shape index (κ1) is 35.6. The molecule has 298 valence electrons. The molecule has 6 heterocycles. The maximum Gasteiger partial charge on any atom is 0.599 e. The van der Waals surface area contributed by atoms with Crippen LogP contribution in [0, 0.1) is 11.8 Å². The van der Waals surface area contributed by atoms with Gasteiger partial charge in [-0.25, -0.2) is 25.0 Å². The highest BCUT2D eigenvalue weighted by atomic mass is 28.4. The van der Waals surface area contributed by atoms with E-state index in [0.29, 0.717) is 42.4 Å². The molecule has 2 fully saturated rings. The molecule has 0 amide bonds. The standard InChI is InChI=1S/C46H46N8O4Si/c55-29-21-17-27(18-22-29)25-57-59(58-26-28-19-23-30(56)24-20-28)53-43-35-13-5-6-14-36(35)45(53)51-41-33-11-3-4-12-34(33)42(48-41)52-46-38-16-8-7-15-37(38)44(54(46)59)50-40-32-10-2-1-9-31(32)39(47-40)49-43/h1-3,5-11,13-16,27-30,43,55-56H,4,12,17-26H2,(H,47,49,50). The van der Waals surface area contributed by atoms with E-state index in [-0.39, 0.29) is 24.0 Å². The molecule has 6 bridgehead atoms. The molecule has 13 heteroatoms. The molecule has 1 unspecified atom stereocenters. The molecule has 12 rings (SSSR count). The average molecular weight is 803 g/mol. The first-order chi connectivity index (χ1) is 29.0. The summed E-state index contributed by atoms with van der Waals surface area (Å²) in [7, 11) is -4.13. The van der Waals surface area contributed by atoms with Crippen molar-refractivity contribution in [3.63, 3.8) is 0 Å². The van der Waals surface area contributed by atoms with E-state index in [1.54, 1.807) is 0 Å². The van der Waals surface area contributed by atoms with Crippen molar-refractivity contribution in [2.45, 2.75) is 82.6 Å². The van der Waals surface area contributed by atoms with Gasteiger partial charge < -0.3 is 24.4 Å². The maximum atomic E-state index is 10.6. The number of hydrogen-bond acceptors (Lipinski definition) is 11. The van der Waals surface area contributed by atoms with Crippen molar-refractivity contribution in [1.29, 1.82) is 0 Å². The number of aliphatic hydroxyl groups excluding tert-OH is 2. The zero-order chi connectivity index (χ0) is 39.2. The fourth-order valence-electron chi connectivity index (χ4n) is 10.3. The Morgan fingerprint density at radius 3 is 1.95 bits per heavy atom. The molecule has 3 aliphatic carbocycles. The fourth-order valence-corrected chi connectivity index (χ4v) is 13.9. The van der Waals surface area contributed by atoms with E-state index in [1.165, 1.54) is 0 Å². The van der Waals surface area contributed by atoms with Crippen molar-refractivity contribution in [1.82, 2.24) is 14.1 Å². The second kappa shape index (κ2) is 13.9. The zero-order valence-corrected chi connectivity index (χ0v) is 33.8. The van der Waals surface area contributed by atoms with Crippen molar-refractivity contribution in [2.75, 3.05) is 13.2 Å². The number of hydrogen-bond donors (Lipinski definition) is 3. The van der Waals surface area contributed by atoms with Gasteiger partial charge in [0.2, 0.25) is 0 Å². The lowest BCUT2D eigenvalue weighted by Crippen LogP contribution is -2.67. The third-order valence-corrected chi connectivity index (χ3v) is 16.6. The predicted octanol–water partition coefficient (Wildman–Crippen LogP) is 7.37. The fraction of sp³-hybridized carbons (Fsp3) is 0.370. The van der Waals surface area contributed by atoms with Crippen LogP contribution in [-0.2, 0) is 8.85 Å². The molecule has 0 saturated heterocycles. The quantitative estimate of drug-likeness (QED) is 0.174. The van der Waals surface area contributed by atoms with Crippen LogP contribution in [0.15, 0.2) is 121 Å². The van der Waals surface area contributed by atoms with Gasteiger partial charge in [0.1, 0.15) is 29.5 Å². The SMILES string of the molecule is OC1CCC(CO[Si]2(OCC3CCC(O)CC3)N3C4=NC5=NC(=Nc6c7ccccc7c(n62)N=C2N=C(NC3c3ccccc34)c3ccccc32)C2=C5C=CCC2)CC1. The highest BCUT2D eigenvalue weighted by Crippen LogP contribution is 2.49. The van der Waals surface area contributed by atoms with Crippen molar-refractivity contribution in [3.05, 3.63) is 118 Å². The van der Waals surface area contributed by atoms with Gasteiger partial charge in [0.25, 0.3) is 0 Å². The Bertz CT molecular complexity index is 2610. The molecular formula is C46H46N8O4Si. The molecule has 3 N–H and O–H groups in total. The Balaban J connectivity index is 1.19. The molecular weight excluding hydrogens is 757 g/mol. The van der Waals surface area contributed by atoms with E-state index in [9.17, 15) is 10.2 Å². The van der Waals surface area contributed by atoms with Gasteiger partial charge in [0, 0.05) is 57.4 Å². The van der Waals surface area contributed by atoms with Gasteiger partial charge in [-0.15, -0.1) is 0 Å². The number of allylic oxidation sites excluding steroid dienone is 1. The van der Waals surface area contributed by atoms with Crippen molar-refractivity contribution >= 4 is 60.5 Å². The average Bonchev–Trinajstić information content (AvgIpc) is 3.99. The van der Waals surface area contributed by atoms with E-state index in [1.807, 2.05) is 12.1 Å². The smallest absolute Gasteiger partial charge is 0.393 e. The predicted molar refractivity (Wildman–Crippen MR) is 231 cm³/mol. The number of aliphatic hydroxyl groups is 2. The molecule has 12 nitrogen and oxygen atoms in total. The Hall–Kier alpha value is -5.31. The molecule has 2 saturated carbocycles. The molecule has 3 aromatic carbocycles. The largest absolute Gasteiger partial charge is 0.599 e. The van der Waals surface area contributed by atoms with Gasteiger partial charge in [0.15, 0.2) is 17.5 Å². The van der Waals surface area contributed by atoms with Crippen molar-refractivity contribution in [2.24, 2.45) is 36.8 Å². The van der Waals surface area contributed by atoms with E-state index in [2.05, 4.69) is 86.9 Å². The number of aliphatic imine (C=N–C) groups is 5. The molecule has 4 aromatic rings. The second-order valence-electron chi connectivity index (χ2n) is 17.1. The lowest BCUT2D eigenvalue weighted by atomic mass is 9.88.